The van der Waals surface area contributed by atoms with Gasteiger partial charge in [-0.05, 0) is 38.8 Å². The van der Waals surface area contributed by atoms with E-state index in [9.17, 15) is 0 Å². The molecule has 0 unspecified atom stereocenters. The molecule has 0 aromatic rings. The topological polar surface area (TPSA) is 21.6 Å². The Balaban J connectivity index is 3.59. The summed E-state index contributed by atoms with van der Waals surface area (Å²) in [4.78, 5) is 0. The standard InChI is InChI=1S/C21H47NOSi2/c1-8-9-10-11-12-13-14-15-16-17-18-19-20-25(6,7)23-21(2)22-24(3,4)5/h8-20H2,1-7H3. The van der Waals surface area contributed by atoms with E-state index in [1.807, 2.05) is 0 Å². The zero-order valence-corrected chi connectivity index (χ0v) is 20.5. The second-order valence-electron chi connectivity index (χ2n) is 9.30. The Morgan fingerprint density at radius 2 is 1.08 bits per heavy atom. The highest BCUT2D eigenvalue weighted by Gasteiger charge is 2.25. The van der Waals surface area contributed by atoms with Gasteiger partial charge >= 0.3 is 0 Å². The second kappa shape index (κ2) is 14.0. The molecule has 0 radical (unpaired) electrons. The lowest BCUT2D eigenvalue weighted by atomic mass is 10.1. The van der Waals surface area contributed by atoms with Crippen molar-refractivity contribution in [2.75, 3.05) is 0 Å². The molecule has 0 aliphatic rings. The van der Waals surface area contributed by atoms with Crippen molar-refractivity contribution in [3.8, 4) is 0 Å². The van der Waals surface area contributed by atoms with Crippen LogP contribution in [0.2, 0.25) is 38.8 Å². The van der Waals surface area contributed by atoms with Crippen LogP contribution in [-0.4, -0.2) is 22.5 Å². The van der Waals surface area contributed by atoms with Crippen molar-refractivity contribution in [3.05, 3.63) is 0 Å². The monoisotopic (exact) mass is 385 g/mol. The van der Waals surface area contributed by atoms with Gasteiger partial charge in [0.25, 0.3) is 0 Å². The SMILES string of the molecule is CCCCCCCCCCCCCC[Si](C)(C)OC(C)=N[Si](C)(C)C. The normalized spacial score (nSPS) is 13.3. The van der Waals surface area contributed by atoms with E-state index in [1.54, 1.807) is 0 Å². The first-order valence-electron chi connectivity index (χ1n) is 10.9. The summed E-state index contributed by atoms with van der Waals surface area (Å²) in [5.41, 5.74) is 0. The quantitative estimate of drug-likeness (QED) is 0.120. The number of hydrogen-bond donors (Lipinski definition) is 0. The Labute approximate surface area is 161 Å². The molecule has 0 saturated heterocycles. The summed E-state index contributed by atoms with van der Waals surface area (Å²) in [5, 5.41) is 0. The van der Waals surface area contributed by atoms with E-state index in [1.165, 1.54) is 83.1 Å². The molecule has 0 saturated carbocycles. The van der Waals surface area contributed by atoms with Gasteiger partial charge in [-0.15, -0.1) is 0 Å². The van der Waals surface area contributed by atoms with Crippen molar-refractivity contribution in [1.29, 1.82) is 0 Å². The first-order chi connectivity index (χ1) is 11.7. The van der Waals surface area contributed by atoms with Gasteiger partial charge in [0, 0.05) is 6.92 Å². The first-order valence-corrected chi connectivity index (χ1v) is 17.5. The van der Waals surface area contributed by atoms with Crippen LogP contribution in [-0.2, 0) is 4.43 Å². The highest BCUT2D eigenvalue weighted by Crippen LogP contribution is 2.19. The van der Waals surface area contributed by atoms with Crippen LogP contribution in [0.4, 0.5) is 0 Å². The van der Waals surface area contributed by atoms with E-state index < -0.39 is 16.6 Å². The maximum atomic E-state index is 6.24. The molecule has 0 heterocycles. The van der Waals surface area contributed by atoms with E-state index in [4.69, 9.17) is 9.08 Å². The highest BCUT2D eigenvalue weighted by molar-refractivity contribution is 6.76. The molecule has 0 aliphatic heterocycles. The Morgan fingerprint density at radius 1 is 0.680 bits per heavy atom. The van der Waals surface area contributed by atoms with Crippen LogP contribution in [0, 0.1) is 0 Å². The zero-order valence-electron chi connectivity index (χ0n) is 18.5. The molecule has 150 valence electrons. The summed E-state index contributed by atoms with van der Waals surface area (Å²) in [6, 6.07) is 1.27. The largest absolute Gasteiger partial charge is 0.535 e. The Bertz CT molecular complexity index is 348. The van der Waals surface area contributed by atoms with Gasteiger partial charge in [0.2, 0.25) is 8.32 Å². The van der Waals surface area contributed by atoms with Crippen LogP contribution in [0.1, 0.15) is 90.9 Å². The van der Waals surface area contributed by atoms with Gasteiger partial charge in [-0.3, -0.25) is 4.66 Å². The molecule has 0 rings (SSSR count). The van der Waals surface area contributed by atoms with Gasteiger partial charge in [-0.2, -0.15) is 0 Å². The molecule has 0 amide bonds. The minimum absolute atomic E-state index is 0.940. The molecule has 0 fully saturated rings. The Hall–Kier alpha value is -0.0962. The third kappa shape index (κ3) is 18.5. The molecule has 0 aliphatic carbocycles. The zero-order chi connectivity index (χ0) is 19.2. The lowest BCUT2D eigenvalue weighted by Gasteiger charge is -2.25. The van der Waals surface area contributed by atoms with Crippen molar-refractivity contribution in [2.45, 2.75) is 130 Å². The minimum atomic E-state index is -1.57. The van der Waals surface area contributed by atoms with E-state index in [-0.39, 0.29) is 0 Å². The summed E-state index contributed by atoms with van der Waals surface area (Å²) >= 11 is 0. The van der Waals surface area contributed by atoms with Crippen molar-refractivity contribution in [2.24, 2.45) is 4.66 Å². The molecule has 0 atom stereocenters. The van der Waals surface area contributed by atoms with Crippen LogP contribution < -0.4 is 0 Å². The molecule has 0 aromatic heterocycles. The van der Waals surface area contributed by atoms with Crippen LogP contribution in [0.3, 0.4) is 0 Å². The Morgan fingerprint density at radius 3 is 1.48 bits per heavy atom. The van der Waals surface area contributed by atoms with Crippen molar-refractivity contribution in [3.63, 3.8) is 0 Å². The van der Waals surface area contributed by atoms with E-state index in [0.29, 0.717) is 0 Å². The summed E-state index contributed by atoms with van der Waals surface area (Å²) in [6.45, 7) is 15.8. The molecule has 0 bridgehead atoms. The average Bonchev–Trinajstić information content (AvgIpc) is 2.45. The highest BCUT2D eigenvalue weighted by atomic mass is 28.4. The molecule has 0 N–H and O–H groups in total. The van der Waals surface area contributed by atoms with Gasteiger partial charge in [0.05, 0.1) is 0 Å². The van der Waals surface area contributed by atoms with Gasteiger partial charge in [-0.25, -0.2) is 0 Å². The van der Waals surface area contributed by atoms with Gasteiger partial charge < -0.3 is 4.43 Å². The molecule has 2 nitrogen and oxygen atoms in total. The fourth-order valence-corrected chi connectivity index (χ4v) is 6.47. The molecular formula is C21H47NOSi2. The van der Waals surface area contributed by atoms with Crippen LogP contribution >= 0.6 is 0 Å². The maximum absolute atomic E-state index is 6.24. The molecular weight excluding hydrogens is 338 g/mol. The predicted octanol–water partition coefficient (Wildman–Crippen LogP) is 8.16. The number of unbranched alkanes of at least 4 members (excludes halogenated alkanes) is 11. The summed E-state index contributed by atoms with van der Waals surface area (Å²) in [5.74, 6) is 0.940. The smallest absolute Gasteiger partial charge is 0.246 e. The van der Waals surface area contributed by atoms with Gasteiger partial charge in [-0.1, -0.05) is 84.0 Å². The van der Waals surface area contributed by atoms with Gasteiger partial charge in [0.15, 0.2) is 14.1 Å². The minimum Gasteiger partial charge on any atom is -0.535 e. The summed E-state index contributed by atoms with van der Waals surface area (Å²) in [6.07, 6.45) is 17.0. The molecule has 0 spiro atoms. The first kappa shape index (κ1) is 24.9. The molecule has 25 heavy (non-hydrogen) atoms. The lowest BCUT2D eigenvalue weighted by Crippen LogP contribution is -2.33. The fraction of sp³-hybridized carbons (Fsp3) is 0.952. The number of nitrogens with zero attached hydrogens (tertiary/aromatic N) is 1. The van der Waals surface area contributed by atoms with E-state index in [0.717, 1.165) is 5.90 Å². The van der Waals surface area contributed by atoms with Crippen LogP contribution in [0.5, 0.6) is 0 Å². The van der Waals surface area contributed by atoms with Gasteiger partial charge in [0.1, 0.15) is 0 Å². The number of rotatable bonds is 15. The predicted molar refractivity (Wildman–Crippen MR) is 121 cm³/mol. The van der Waals surface area contributed by atoms with Crippen LogP contribution in [0.25, 0.3) is 0 Å². The van der Waals surface area contributed by atoms with Crippen molar-refractivity contribution >= 4 is 22.5 Å². The molecule has 0 aromatic carbocycles. The fourth-order valence-electron chi connectivity index (χ4n) is 3.34. The van der Waals surface area contributed by atoms with Crippen LogP contribution in [0.15, 0.2) is 4.66 Å². The number of hydrogen-bond acceptors (Lipinski definition) is 2. The second-order valence-corrected chi connectivity index (χ2v) is 18.1. The van der Waals surface area contributed by atoms with E-state index >= 15 is 0 Å². The summed E-state index contributed by atoms with van der Waals surface area (Å²) < 4.78 is 11.0. The molecule has 4 heteroatoms. The Kier molecular flexibility index (Phi) is 14.0. The van der Waals surface area contributed by atoms with E-state index in [2.05, 4.69) is 46.6 Å². The third-order valence-electron chi connectivity index (χ3n) is 4.55. The van der Waals surface area contributed by atoms with Crippen molar-refractivity contribution < 1.29 is 4.43 Å². The van der Waals surface area contributed by atoms with Crippen molar-refractivity contribution in [1.82, 2.24) is 0 Å². The summed E-state index contributed by atoms with van der Waals surface area (Å²) in [7, 11) is -2.98. The average molecular weight is 386 g/mol. The lowest BCUT2D eigenvalue weighted by molar-refractivity contribution is 0.523. The maximum Gasteiger partial charge on any atom is 0.246 e. The third-order valence-corrected chi connectivity index (χ3v) is 7.94.